The minimum Gasteiger partial charge on any atom is -0.490 e. The number of halogens is 1. The summed E-state index contributed by atoms with van der Waals surface area (Å²) >= 11 is 6.00. The molecule has 1 amide bonds. The Kier molecular flexibility index (Phi) is 5.87. The first-order valence-corrected chi connectivity index (χ1v) is 7.69. The number of furan rings is 1. The lowest BCUT2D eigenvalue weighted by Crippen LogP contribution is -2.31. The molecular formula is C17H18ClNO5. The smallest absolute Gasteiger partial charge is 0.311 e. The van der Waals surface area contributed by atoms with Crippen LogP contribution in [0.1, 0.15) is 21.7 Å². The van der Waals surface area contributed by atoms with Crippen LogP contribution >= 0.6 is 11.6 Å². The number of carbonyl (C=O) groups excluding carboxylic acids is 1. The van der Waals surface area contributed by atoms with Gasteiger partial charge in [-0.05, 0) is 19.1 Å². The van der Waals surface area contributed by atoms with Crippen molar-refractivity contribution in [1.29, 1.82) is 0 Å². The first kappa shape index (κ1) is 17.9. The van der Waals surface area contributed by atoms with Gasteiger partial charge in [0.1, 0.15) is 24.5 Å². The summed E-state index contributed by atoms with van der Waals surface area (Å²) in [7, 11) is 1.62. The number of hydrogen-bond donors (Lipinski definition) is 1. The van der Waals surface area contributed by atoms with E-state index < -0.39 is 5.97 Å². The molecule has 24 heavy (non-hydrogen) atoms. The molecule has 1 aromatic carbocycles. The number of carboxylic acids is 1. The van der Waals surface area contributed by atoms with Crippen LogP contribution in [0.5, 0.6) is 5.75 Å². The van der Waals surface area contributed by atoms with Crippen LogP contribution in [-0.4, -0.2) is 42.1 Å². The summed E-state index contributed by atoms with van der Waals surface area (Å²) in [4.78, 5) is 24.9. The molecular weight excluding hydrogens is 334 g/mol. The zero-order valence-corrected chi connectivity index (χ0v) is 14.2. The summed E-state index contributed by atoms with van der Waals surface area (Å²) in [5.41, 5.74) is 0.896. The van der Waals surface area contributed by atoms with E-state index in [0.717, 1.165) is 0 Å². The second-order valence-electron chi connectivity index (χ2n) is 5.29. The molecule has 0 aliphatic rings. The fraction of sp³-hybridized carbons (Fsp3) is 0.294. The van der Waals surface area contributed by atoms with Gasteiger partial charge in [-0.1, -0.05) is 23.7 Å². The van der Waals surface area contributed by atoms with Gasteiger partial charge in [0, 0.05) is 12.6 Å². The molecule has 0 aliphatic carbocycles. The Hall–Kier alpha value is -2.47. The number of rotatable bonds is 7. The molecule has 0 saturated heterocycles. The number of likely N-dealkylation sites (N-methyl/N-ethyl adjacent to an activating group) is 1. The highest BCUT2D eigenvalue weighted by Crippen LogP contribution is 2.23. The van der Waals surface area contributed by atoms with E-state index in [1.807, 2.05) is 6.07 Å². The first-order valence-electron chi connectivity index (χ1n) is 7.31. The predicted molar refractivity (Wildman–Crippen MR) is 88.7 cm³/mol. The Bertz CT molecular complexity index is 740. The zero-order chi connectivity index (χ0) is 17.7. The first-order chi connectivity index (χ1) is 11.4. The van der Waals surface area contributed by atoms with Gasteiger partial charge in [0.15, 0.2) is 0 Å². The van der Waals surface area contributed by atoms with E-state index in [4.69, 9.17) is 25.9 Å². The fourth-order valence-electron chi connectivity index (χ4n) is 2.20. The number of amides is 1. The van der Waals surface area contributed by atoms with E-state index >= 15 is 0 Å². The second-order valence-corrected chi connectivity index (χ2v) is 5.70. The van der Waals surface area contributed by atoms with Gasteiger partial charge in [0.2, 0.25) is 0 Å². The number of aryl methyl sites for hydroxylation is 1. The van der Waals surface area contributed by atoms with Gasteiger partial charge in [-0.15, -0.1) is 0 Å². The summed E-state index contributed by atoms with van der Waals surface area (Å²) < 4.78 is 10.7. The Morgan fingerprint density at radius 1 is 1.33 bits per heavy atom. The lowest BCUT2D eigenvalue weighted by atomic mass is 10.1. The van der Waals surface area contributed by atoms with Gasteiger partial charge in [-0.3, -0.25) is 9.59 Å². The Balaban J connectivity index is 1.99. The highest BCUT2D eigenvalue weighted by atomic mass is 35.5. The third-order valence-electron chi connectivity index (χ3n) is 3.44. The average molecular weight is 352 g/mol. The normalized spacial score (nSPS) is 10.5. The molecule has 0 unspecified atom stereocenters. The van der Waals surface area contributed by atoms with Crippen molar-refractivity contribution in [1.82, 2.24) is 4.90 Å². The van der Waals surface area contributed by atoms with Crippen molar-refractivity contribution >= 4 is 23.5 Å². The van der Waals surface area contributed by atoms with Crippen LogP contribution in [0.15, 0.2) is 34.9 Å². The molecule has 0 bridgehead atoms. The van der Waals surface area contributed by atoms with E-state index in [9.17, 15) is 9.59 Å². The van der Waals surface area contributed by atoms with E-state index in [1.54, 1.807) is 32.2 Å². The van der Waals surface area contributed by atoms with E-state index in [0.29, 0.717) is 22.9 Å². The van der Waals surface area contributed by atoms with Gasteiger partial charge in [-0.2, -0.15) is 0 Å². The quantitative estimate of drug-likeness (QED) is 0.829. The number of carboxylic acid groups (broad SMARTS) is 1. The number of nitrogens with zero attached hydrogens (tertiary/aromatic N) is 1. The van der Waals surface area contributed by atoms with Crippen molar-refractivity contribution in [2.24, 2.45) is 0 Å². The third kappa shape index (κ3) is 4.29. The number of para-hydroxylation sites is 1. The van der Waals surface area contributed by atoms with Crippen molar-refractivity contribution < 1.29 is 23.8 Å². The minimum atomic E-state index is -1.05. The van der Waals surface area contributed by atoms with Gasteiger partial charge in [-0.25, -0.2) is 0 Å². The van der Waals surface area contributed by atoms with Crippen LogP contribution in [0.2, 0.25) is 5.02 Å². The van der Waals surface area contributed by atoms with Gasteiger partial charge < -0.3 is 19.2 Å². The number of hydrogen-bond acceptors (Lipinski definition) is 4. The number of benzene rings is 1. The summed E-state index contributed by atoms with van der Waals surface area (Å²) in [5, 5.41) is 9.40. The molecule has 1 heterocycles. The highest BCUT2D eigenvalue weighted by molar-refractivity contribution is 6.32. The Morgan fingerprint density at radius 2 is 2.04 bits per heavy atom. The van der Waals surface area contributed by atoms with Crippen molar-refractivity contribution in [2.45, 2.75) is 13.3 Å². The lowest BCUT2D eigenvalue weighted by molar-refractivity contribution is -0.136. The Morgan fingerprint density at radius 3 is 2.71 bits per heavy atom. The van der Waals surface area contributed by atoms with Crippen molar-refractivity contribution in [3.05, 3.63) is 52.4 Å². The minimum absolute atomic E-state index is 0.156. The third-order valence-corrected chi connectivity index (χ3v) is 3.76. The SMILES string of the molecule is Cc1coc(CC(=O)O)c1C(=O)N(C)CCOc1ccccc1Cl. The van der Waals surface area contributed by atoms with Crippen molar-refractivity contribution in [2.75, 3.05) is 20.2 Å². The standard InChI is InChI=1S/C17H18ClNO5/c1-11-10-24-14(9-15(20)21)16(11)17(22)19(2)7-8-23-13-6-4-3-5-12(13)18/h3-6,10H,7-9H2,1-2H3,(H,20,21). The van der Waals surface area contributed by atoms with Crippen LogP contribution in [-0.2, 0) is 11.2 Å². The highest BCUT2D eigenvalue weighted by Gasteiger charge is 2.23. The van der Waals surface area contributed by atoms with Crippen LogP contribution in [0, 0.1) is 6.92 Å². The molecule has 0 atom stereocenters. The van der Waals surface area contributed by atoms with Crippen LogP contribution in [0.3, 0.4) is 0 Å². The molecule has 1 aromatic heterocycles. The van der Waals surface area contributed by atoms with Crippen molar-refractivity contribution in [3.63, 3.8) is 0 Å². The van der Waals surface area contributed by atoms with E-state index in [1.165, 1.54) is 11.2 Å². The molecule has 0 spiro atoms. The molecule has 0 radical (unpaired) electrons. The predicted octanol–water partition coefficient (Wildman–Crippen LogP) is 3.02. The molecule has 6 nitrogen and oxygen atoms in total. The fourth-order valence-corrected chi connectivity index (χ4v) is 2.39. The summed E-state index contributed by atoms with van der Waals surface area (Å²) in [5.74, 6) is -0.654. The molecule has 0 aliphatic heterocycles. The molecule has 2 rings (SSSR count). The average Bonchev–Trinajstić information content (AvgIpc) is 2.88. The summed E-state index contributed by atoms with van der Waals surface area (Å²) in [6.07, 6.45) is 1.05. The zero-order valence-electron chi connectivity index (χ0n) is 13.4. The maximum Gasteiger partial charge on any atom is 0.311 e. The number of carbonyl (C=O) groups is 2. The molecule has 1 N–H and O–H groups in total. The maximum absolute atomic E-state index is 12.5. The topological polar surface area (TPSA) is 80.0 Å². The monoisotopic (exact) mass is 351 g/mol. The van der Waals surface area contributed by atoms with E-state index in [-0.39, 0.29) is 30.3 Å². The van der Waals surface area contributed by atoms with Crippen LogP contribution < -0.4 is 4.74 Å². The van der Waals surface area contributed by atoms with Gasteiger partial charge in [0.05, 0.1) is 23.4 Å². The number of aliphatic carboxylic acids is 1. The van der Waals surface area contributed by atoms with Gasteiger partial charge >= 0.3 is 5.97 Å². The molecule has 0 fully saturated rings. The second kappa shape index (κ2) is 7.88. The largest absolute Gasteiger partial charge is 0.490 e. The summed E-state index contributed by atoms with van der Waals surface area (Å²) in [6.45, 7) is 2.29. The van der Waals surface area contributed by atoms with E-state index in [2.05, 4.69) is 0 Å². The lowest BCUT2D eigenvalue weighted by Gasteiger charge is -2.18. The van der Waals surface area contributed by atoms with Crippen molar-refractivity contribution in [3.8, 4) is 5.75 Å². The van der Waals surface area contributed by atoms with Crippen LogP contribution in [0.25, 0.3) is 0 Å². The van der Waals surface area contributed by atoms with Crippen LogP contribution in [0.4, 0.5) is 0 Å². The number of ether oxygens (including phenoxy) is 1. The van der Waals surface area contributed by atoms with Gasteiger partial charge in [0.25, 0.3) is 5.91 Å². The molecule has 0 saturated carbocycles. The molecule has 128 valence electrons. The maximum atomic E-state index is 12.5. The molecule has 2 aromatic rings. The molecule has 7 heteroatoms. The summed E-state index contributed by atoms with van der Waals surface area (Å²) in [6, 6.07) is 7.08. The Labute approximate surface area is 144 Å².